The number of rotatable bonds is 6. The summed E-state index contributed by atoms with van der Waals surface area (Å²) in [6.45, 7) is 4.30. The van der Waals surface area contributed by atoms with E-state index in [9.17, 15) is 4.79 Å². The molecule has 1 amide bonds. The van der Waals surface area contributed by atoms with E-state index < -0.39 is 0 Å². The predicted octanol–water partition coefficient (Wildman–Crippen LogP) is 4.62. The van der Waals surface area contributed by atoms with E-state index in [0.717, 1.165) is 22.4 Å². The number of carbonyl (C=O) groups excluding carboxylic acids is 1. The summed E-state index contributed by atoms with van der Waals surface area (Å²) in [5.41, 5.74) is 5.41. The Morgan fingerprint density at radius 3 is 2.12 bits per heavy atom. The molecule has 0 radical (unpaired) electrons. The Morgan fingerprint density at radius 1 is 0.808 bits per heavy atom. The van der Waals surface area contributed by atoms with Gasteiger partial charge in [0.05, 0.1) is 12.6 Å². The summed E-state index contributed by atoms with van der Waals surface area (Å²) in [6.07, 6.45) is 0. The number of amides is 1. The Bertz CT molecular complexity index is 857. The van der Waals surface area contributed by atoms with Crippen molar-refractivity contribution in [3.63, 3.8) is 0 Å². The summed E-state index contributed by atoms with van der Waals surface area (Å²) in [5, 5.41) is 6.38. The maximum atomic E-state index is 12.4. The Morgan fingerprint density at radius 2 is 1.42 bits per heavy atom. The maximum absolute atomic E-state index is 12.4. The molecule has 3 aromatic rings. The summed E-state index contributed by atoms with van der Waals surface area (Å²) >= 11 is 0. The molecule has 0 fully saturated rings. The van der Waals surface area contributed by atoms with Crippen LogP contribution in [0, 0.1) is 13.8 Å². The molecule has 0 spiro atoms. The molecular weight excluding hydrogens is 320 g/mol. The second-order valence-corrected chi connectivity index (χ2v) is 6.50. The summed E-state index contributed by atoms with van der Waals surface area (Å²) in [5.74, 6) is -0.0488. The first-order chi connectivity index (χ1) is 12.6. The van der Waals surface area contributed by atoms with Gasteiger partial charge in [-0.3, -0.25) is 10.1 Å². The minimum atomic E-state index is -0.0488. The van der Waals surface area contributed by atoms with Crippen molar-refractivity contribution in [2.45, 2.75) is 19.9 Å². The smallest absolute Gasteiger partial charge is 0.238 e. The van der Waals surface area contributed by atoms with Crippen LogP contribution in [0.25, 0.3) is 0 Å². The predicted molar refractivity (Wildman–Crippen MR) is 107 cm³/mol. The number of para-hydroxylation sites is 1. The van der Waals surface area contributed by atoms with Gasteiger partial charge in [0, 0.05) is 5.69 Å². The fraction of sp³-hybridized carbons (Fsp3) is 0.174. The molecule has 2 N–H and O–H groups in total. The highest BCUT2D eigenvalue weighted by molar-refractivity contribution is 5.93. The molecule has 0 bridgehead atoms. The lowest BCUT2D eigenvalue weighted by atomic mass is 9.98. The summed E-state index contributed by atoms with van der Waals surface area (Å²) in [6, 6.07) is 26.4. The maximum Gasteiger partial charge on any atom is 0.238 e. The molecule has 3 heteroatoms. The van der Waals surface area contributed by atoms with E-state index in [1.165, 1.54) is 5.56 Å². The molecular formula is C23H24N2O. The van der Waals surface area contributed by atoms with Crippen LogP contribution >= 0.6 is 0 Å². The van der Waals surface area contributed by atoms with Gasteiger partial charge in [-0.05, 0) is 36.6 Å². The topological polar surface area (TPSA) is 41.1 Å². The fourth-order valence-electron chi connectivity index (χ4n) is 2.93. The number of hydrogen-bond donors (Lipinski definition) is 2. The van der Waals surface area contributed by atoms with Crippen molar-refractivity contribution in [2.75, 3.05) is 11.9 Å². The number of anilines is 1. The third-order valence-electron chi connectivity index (χ3n) is 4.43. The molecule has 0 saturated heterocycles. The van der Waals surface area contributed by atoms with Gasteiger partial charge >= 0.3 is 0 Å². The van der Waals surface area contributed by atoms with Gasteiger partial charge in [-0.25, -0.2) is 0 Å². The van der Waals surface area contributed by atoms with Crippen LogP contribution in [-0.4, -0.2) is 12.5 Å². The van der Waals surface area contributed by atoms with Gasteiger partial charge in [0.15, 0.2) is 0 Å². The van der Waals surface area contributed by atoms with E-state index >= 15 is 0 Å². The summed E-state index contributed by atoms with van der Waals surface area (Å²) in [4.78, 5) is 12.4. The van der Waals surface area contributed by atoms with Gasteiger partial charge in [0.1, 0.15) is 0 Å². The third kappa shape index (κ3) is 4.58. The molecule has 0 aliphatic rings. The highest BCUT2D eigenvalue weighted by Gasteiger charge is 2.15. The summed E-state index contributed by atoms with van der Waals surface area (Å²) in [7, 11) is 0. The summed E-state index contributed by atoms with van der Waals surface area (Å²) < 4.78 is 0. The Balaban J connectivity index is 1.73. The molecule has 0 unspecified atom stereocenters. The highest BCUT2D eigenvalue weighted by Crippen LogP contribution is 2.22. The van der Waals surface area contributed by atoms with Crippen LogP contribution in [0.5, 0.6) is 0 Å². The van der Waals surface area contributed by atoms with Gasteiger partial charge in [-0.1, -0.05) is 78.4 Å². The monoisotopic (exact) mass is 344 g/mol. The van der Waals surface area contributed by atoms with Crippen LogP contribution in [-0.2, 0) is 4.79 Å². The average molecular weight is 344 g/mol. The Hall–Kier alpha value is -2.91. The molecule has 3 aromatic carbocycles. The molecule has 3 rings (SSSR count). The SMILES string of the molecule is Cc1ccc([C@H](NCC(=O)Nc2ccccc2C)c2ccccc2)cc1. The Kier molecular flexibility index (Phi) is 5.82. The van der Waals surface area contributed by atoms with E-state index in [-0.39, 0.29) is 18.5 Å². The van der Waals surface area contributed by atoms with Crippen molar-refractivity contribution in [1.82, 2.24) is 5.32 Å². The number of carbonyl (C=O) groups is 1. The number of benzene rings is 3. The first kappa shape index (κ1) is 17.9. The van der Waals surface area contributed by atoms with Crippen molar-refractivity contribution in [3.8, 4) is 0 Å². The third-order valence-corrected chi connectivity index (χ3v) is 4.43. The van der Waals surface area contributed by atoms with Crippen molar-refractivity contribution in [2.24, 2.45) is 0 Å². The van der Waals surface area contributed by atoms with E-state index in [2.05, 4.69) is 54.0 Å². The standard InChI is InChI=1S/C23H24N2O/c1-17-12-14-20(15-13-17)23(19-9-4-3-5-10-19)24-16-22(26)25-21-11-7-6-8-18(21)2/h3-15,23-24H,16H2,1-2H3,(H,25,26)/t23-/m1/s1. The molecule has 0 heterocycles. The van der Waals surface area contributed by atoms with Gasteiger partial charge < -0.3 is 5.32 Å². The molecule has 0 aliphatic heterocycles. The van der Waals surface area contributed by atoms with Crippen LogP contribution < -0.4 is 10.6 Å². The van der Waals surface area contributed by atoms with Gasteiger partial charge in [-0.15, -0.1) is 0 Å². The lowest BCUT2D eigenvalue weighted by molar-refractivity contribution is -0.115. The quantitative estimate of drug-likeness (QED) is 0.685. The van der Waals surface area contributed by atoms with Crippen LogP contribution in [0.4, 0.5) is 5.69 Å². The van der Waals surface area contributed by atoms with E-state index in [0.29, 0.717) is 0 Å². The van der Waals surface area contributed by atoms with Crippen molar-refractivity contribution in [3.05, 3.63) is 101 Å². The zero-order valence-corrected chi connectivity index (χ0v) is 15.2. The van der Waals surface area contributed by atoms with E-state index in [1.807, 2.05) is 49.4 Å². The molecule has 0 saturated carbocycles. The normalized spacial score (nSPS) is 11.8. The second-order valence-electron chi connectivity index (χ2n) is 6.50. The minimum absolute atomic E-state index is 0.0283. The second kappa shape index (κ2) is 8.45. The molecule has 26 heavy (non-hydrogen) atoms. The van der Waals surface area contributed by atoms with Crippen LogP contribution in [0.2, 0.25) is 0 Å². The highest BCUT2D eigenvalue weighted by atomic mass is 16.1. The van der Waals surface area contributed by atoms with Crippen molar-refractivity contribution >= 4 is 11.6 Å². The Labute approximate surface area is 155 Å². The van der Waals surface area contributed by atoms with Crippen molar-refractivity contribution in [1.29, 1.82) is 0 Å². The van der Waals surface area contributed by atoms with Crippen LogP contribution in [0.1, 0.15) is 28.3 Å². The van der Waals surface area contributed by atoms with Crippen LogP contribution in [0.15, 0.2) is 78.9 Å². The molecule has 3 nitrogen and oxygen atoms in total. The minimum Gasteiger partial charge on any atom is -0.325 e. The number of hydrogen-bond acceptors (Lipinski definition) is 2. The first-order valence-corrected chi connectivity index (χ1v) is 8.84. The van der Waals surface area contributed by atoms with Gasteiger partial charge in [0.25, 0.3) is 0 Å². The number of aryl methyl sites for hydroxylation is 2. The molecule has 0 aliphatic carbocycles. The lowest BCUT2D eigenvalue weighted by Crippen LogP contribution is -2.32. The van der Waals surface area contributed by atoms with E-state index in [1.54, 1.807) is 0 Å². The van der Waals surface area contributed by atoms with E-state index in [4.69, 9.17) is 0 Å². The van der Waals surface area contributed by atoms with Crippen LogP contribution in [0.3, 0.4) is 0 Å². The molecule has 1 atom stereocenters. The van der Waals surface area contributed by atoms with Gasteiger partial charge in [0.2, 0.25) is 5.91 Å². The zero-order valence-electron chi connectivity index (χ0n) is 15.2. The first-order valence-electron chi connectivity index (χ1n) is 8.84. The largest absolute Gasteiger partial charge is 0.325 e. The van der Waals surface area contributed by atoms with Crippen molar-refractivity contribution < 1.29 is 4.79 Å². The fourth-order valence-corrected chi connectivity index (χ4v) is 2.93. The zero-order chi connectivity index (χ0) is 18.4. The average Bonchev–Trinajstić information content (AvgIpc) is 2.66. The molecule has 132 valence electrons. The lowest BCUT2D eigenvalue weighted by Gasteiger charge is -2.20. The van der Waals surface area contributed by atoms with Gasteiger partial charge in [-0.2, -0.15) is 0 Å². The molecule has 0 aromatic heterocycles. The number of nitrogens with one attached hydrogen (secondary N) is 2.